The van der Waals surface area contributed by atoms with Gasteiger partial charge < -0.3 is 9.47 Å². The SMILES string of the molecule is COC(=O)c1c(COC(=O)c2sc(-c3ccsc3)nc2C)nc2ccccc2c1C. The molecule has 1 aromatic carbocycles. The summed E-state index contributed by atoms with van der Waals surface area (Å²) in [6, 6.07) is 9.47. The highest BCUT2D eigenvalue weighted by Gasteiger charge is 2.22. The summed E-state index contributed by atoms with van der Waals surface area (Å²) >= 11 is 2.86. The van der Waals surface area contributed by atoms with Gasteiger partial charge in [-0.3, -0.25) is 0 Å². The predicted molar refractivity (Wildman–Crippen MR) is 117 cm³/mol. The minimum atomic E-state index is -0.509. The Morgan fingerprint density at radius 3 is 2.60 bits per heavy atom. The molecule has 0 bridgehead atoms. The van der Waals surface area contributed by atoms with Crippen LogP contribution in [0.4, 0.5) is 0 Å². The number of aryl methyl sites for hydroxylation is 2. The number of ether oxygens (including phenoxy) is 2. The largest absolute Gasteiger partial charge is 0.465 e. The van der Waals surface area contributed by atoms with Gasteiger partial charge in [0.25, 0.3) is 0 Å². The molecule has 3 aromatic heterocycles. The molecule has 152 valence electrons. The van der Waals surface area contributed by atoms with Crippen LogP contribution in [-0.2, 0) is 16.1 Å². The first-order valence-corrected chi connectivity index (χ1v) is 10.9. The standard InChI is InChI=1S/C22H18N2O4S2/c1-12-15-6-4-5-7-16(15)24-17(18(12)21(25)27-3)10-28-22(26)19-13(2)23-20(30-19)14-8-9-29-11-14/h4-9,11H,10H2,1-3H3. The third-order valence-corrected chi connectivity index (χ3v) is 6.58. The minimum Gasteiger partial charge on any atom is -0.465 e. The van der Waals surface area contributed by atoms with Crippen LogP contribution in [-0.4, -0.2) is 29.0 Å². The second-order valence-electron chi connectivity index (χ2n) is 6.59. The molecule has 30 heavy (non-hydrogen) atoms. The van der Waals surface area contributed by atoms with Crippen molar-refractivity contribution in [2.75, 3.05) is 7.11 Å². The van der Waals surface area contributed by atoms with Gasteiger partial charge >= 0.3 is 11.9 Å². The summed E-state index contributed by atoms with van der Waals surface area (Å²) in [7, 11) is 1.32. The van der Waals surface area contributed by atoms with E-state index in [1.54, 1.807) is 18.3 Å². The van der Waals surface area contributed by atoms with E-state index in [9.17, 15) is 9.59 Å². The molecule has 0 radical (unpaired) electrons. The number of pyridine rings is 1. The van der Waals surface area contributed by atoms with Crippen LogP contribution in [0.2, 0.25) is 0 Å². The summed E-state index contributed by atoms with van der Waals surface area (Å²) in [5.41, 5.74) is 3.75. The van der Waals surface area contributed by atoms with Crippen molar-refractivity contribution in [3.8, 4) is 10.6 Å². The molecule has 4 rings (SSSR count). The van der Waals surface area contributed by atoms with E-state index in [0.717, 1.165) is 27.0 Å². The highest BCUT2D eigenvalue weighted by Crippen LogP contribution is 2.30. The lowest BCUT2D eigenvalue weighted by molar-refractivity contribution is 0.0460. The molecule has 6 nitrogen and oxygen atoms in total. The fourth-order valence-electron chi connectivity index (χ4n) is 3.21. The Balaban J connectivity index is 1.63. The second-order valence-corrected chi connectivity index (χ2v) is 8.37. The van der Waals surface area contributed by atoms with Crippen LogP contribution in [0.1, 0.15) is 37.0 Å². The van der Waals surface area contributed by atoms with E-state index in [4.69, 9.17) is 9.47 Å². The van der Waals surface area contributed by atoms with Crippen LogP contribution in [0.5, 0.6) is 0 Å². The van der Waals surface area contributed by atoms with Gasteiger partial charge in [-0.05, 0) is 36.9 Å². The number of para-hydroxylation sites is 1. The first-order valence-electron chi connectivity index (χ1n) is 9.13. The van der Waals surface area contributed by atoms with Gasteiger partial charge in [0.05, 0.1) is 29.6 Å². The molecule has 0 saturated heterocycles. The van der Waals surface area contributed by atoms with Crippen LogP contribution < -0.4 is 0 Å². The van der Waals surface area contributed by atoms with Crippen molar-refractivity contribution in [1.29, 1.82) is 0 Å². The Morgan fingerprint density at radius 1 is 1.07 bits per heavy atom. The van der Waals surface area contributed by atoms with Crippen molar-refractivity contribution in [3.63, 3.8) is 0 Å². The molecule has 8 heteroatoms. The summed E-state index contributed by atoms with van der Waals surface area (Å²) in [5.74, 6) is -1.000. The molecule has 0 amide bonds. The fourth-order valence-corrected chi connectivity index (χ4v) is 4.88. The van der Waals surface area contributed by atoms with E-state index in [0.29, 0.717) is 21.8 Å². The molecule has 0 saturated carbocycles. The van der Waals surface area contributed by atoms with Gasteiger partial charge in [0.2, 0.25) is 0 Å². The number of thiophene rings is 1. The Morgan fingerprint density at radius 2 is 1.87 bits per heavy atom. The van der Waals surface area contributed by atoms with E-state index in [2.05, 4.69) is 9.97 Å². The normalized spacial score (nSPS) is 10.9. The van der Waals surface area contributed by atoms with E-state index >= 15 is 0 Å². The molecule has 0 atom stereocenters. The summed E-state index contributed by atoms with van der Waals surface area (Å²) in [4.78, 5) is 34.6. The van der Waals surface area contributed by atoms with E-state index < -0.39 is 11.9 Å². The van der Waals surface area contributed by atoms with Gasteiger partial charge in [0.15, 0.2) is 0 Å². The lowest BCUT2D eigenvalue weighted by atomic mass is 10.0. The van der Waals surface area contributed by atoms with Crippen molar-refractivity contribution in [3.05, 3.63) is 68.5 Å². The number of thiazole rings is 1. The molecule has 0 unspecified atom stereocenters. The first kappa shape index (κ1) is 20.2. The van der Waals surface area contributed by atoms with Crippen molar-refractivity contribution < 1.29 is 19.1 Å². The van der Waals surface area contributed by atoms with Gasteiger partial charge in [-0.15, -0.1) is 11.3 Å². The second kappa shape index (κ2) is 8.33. The van der Waals surface area contributed by atoms with Crippen molar-refractivity contribution in [1.82, 2.24) is 9.97 Å². The van der Waals surface area contributed by atoms with Crippen LogP contribution in [0.25, 0.3) is 21.5 Å². The number of carbonyl (C=O) groups is 2. The number of benzene rings is 1. The lowest BCUT2D eigenvalue weighted by Gasteiger charge is -2.13. The maximum atomic E-state index is 12.7. The van der Waals surface area contributed by atoms with Crippen LogP contribution in [0.15, 0.2) is 41.1 Å². The summed E-state index contributed by atoms with van der Waals surface area (Å²) in [5, 5.41) is 5.58. The monoisotopic (exact) mass is 438 g/mol. The Hall–Kier alpha value is -3.10. The smallest absolute Gasteiger partial charge is 0.350 e. The fraction of sp³-hybridized carbons (Fsp3) is 0.182. The predicted octanol–water partition coefficient (Wildman–Crippen LogP) is 5.18. The third kappa shape index (κ3) is 3.71. The highest BCUT2D eigenvalue weighted by atomic mass is 32.1. The number of methoxy groups -OCH3 is 1. The number of esters is 2. The zero-order chi connectivity index (χ0) is 21.3. The molecule has 4 aromatic rings. The molecular weight excluding hydrogens is 420 g/mol. The maximum absolute atomic E-state index is 12.7. The van der Waals surface area contributed by atoms with Gasteiger partial charge in [0.1, 0.15) is 16.5 Å². The molecule has 0 fully saturated rings. The van der Waals surface area contributed by atoms with Gasteiger partial charge in [-0.2, -0.15) is 11.3 Å². The van der Waals surface area contributed by atoms with E-state index in [-0.39, 0.29) is 6.61 Å². The van der Waals surface area contributed by atoms with Gasteiger partial charge in [-0.1, -0.05) is 18.2 Å². The number of fused-ring (bicyclic) bond motifs is 1. The van der Waals surface area contributed by atoms with Crippen LogP contribution in [0, 0.1) is 13.8 Å². The molecule has 0 aliphatic heterocycles. The summed E-state index contributed by atoms with van der Waals surface area (Å²) < 4.78 is 10.5. The van der Waals surface area contributed by atoms with E-state index in [1.165, 1.54) is 18.4 Å². The summed E-state index contributed by atoms with van der Waals surface area (Å²) in [6.07, 6.45) is 0. The van der Waals surface area contributed by atoms with Crippen molar-refractivity contribution >= 4 is 45.5 Å². The lowest BCUT2D eigenvalue weighted by Crippen LogP contribution is -2.14. The zero-order valence-corrected chi connectivity index (χ0v) is 18.2. The maximum Gasteiger partial charge on any atom is 0.350 e. The Bertz CT molecular complexity index is 1250. The van der Waals surface area contributed by atoms with E-state index in [1.807, 2.05) is 48.0 Å². The van der Waals surface area contributed by atoms with Crippen LogP contribution >= 0.6 is 22.7 Å². The third-order valence-electron chi connectivity index (χ3n) is 4.71. The number of nitrogens with zero attached hydrogens (tertiary/aromatic N) is 2. The molecule has 0 N–H and O–H groups in total. The quantitative estimate of drug-likeness (QED) is 0.400. The first-order chi connectivity index (χ1) is 14.5. The minimum absolute atomic E-state index is 0.139. The highest BCUT2D eigenvalue weighted by molar-refractivity contribution is 7.17. The Labute approximate surface area is 181 Å². The van der Waals surface area contributed by atoms with Gasteiger partial charge in [0, 0.05) is 16.3 Å². The molecule has 0 spiro atoms. The number of rotatable bonds is 5. The topological polar surface area (TPSA) is 78.4 Å². The number of aromatic nitrogens is 2. The number of carbonyl (C=O) groups excluding carboxylic acids is 2. The van der Waals surface area contributed by atoms with Gasteiger partial charge in [-0.25, -0.2) is 19.6 Å². The van der Waals surface area contributed by atoms with Crippen molar-refractivity contribution in [2.24, 2.45) is 0 Å². The number of hydrogen-bond donors (Lipinski definition) is 0. The molecular formula is C22H18N2O4S2. The Kier molecular flexibility index (Phi) is 5.61. The summed E-state index contributed by atoms with van der Waals surface area (Å²) in [6.45, 7) is 3.48. The van der Waals surface area contributed by atoms with Crippen molar-refractivity contribution in [2.45, 2.75) is 20.5 Å². The number of hydrogen-bond acceptors (Lipinski definition) is 8. The molecule has 0 aliphatic carbocycles. The molecule has 0 aliphatic rings. The molecule has 3 heterocycles. The average Bonchev–Trinajstić information content (AvgIpc) is 3.41. The van der Waals surface area contributed by atoms with Crippen LogP contribution in [0.3, 0.4) is 0 Å². The zero-order valence-electron chi connectivity index (χ0n) is 16.6. The average molecular weight is 439 g/mol.